The van der Waals surface area contributed by atoms with Gasteiger partial charge in [-0.05, 0) is 43.0 Å². The van der Waals surface area contributed by atoms with Gasteiger partial charge in [-0.1, -0.05) is 23.2 Å². The predicted molar refractivity (Wildman–Crippen MR) is 89.2 cm³/mol. The topological polar surface area (TPSA) is 37.8 Å². The van der Waals surface area contributed by atoms with Crippen molar-refractivity contribution in [2.24, 2.45) is 0 Å². The third-order valence-corrected chi connectivity index (χ3v) is 5.26. The molecular weight excluding hydrogens is 325 g/mol. The Labute approximate surface area is 135 Å². The molecule has 0 radical (unpaired) electrons. The number of fused-ring (bicyclic) bond motifs is 3. The molecule has 2 aromatic heterocycles. The molecule has 1 aliphatic carbocycles. The molecule has 0 atom stereocenters. The van der Waals surface area contributed by atoms with E-state index in [1.807, 2.05) is 12.1 Å². The van der Waals surface area contributed by atoms with E-state index < -0.39 is 0 Å². The fourth-order valence-corrected chi connectivity index (χ4v) is 4.54. The lowest BCUT2D eigenvalue weighted by Gasteiger charge is -2.08. The summed E-state index contributed by atoms with van der Waals surface area (Å²) >= 11 is 13.9. The predicted octanol–water partition coefficient (Wildman–Crippen LogP) is 5.23. The molecule has 1 aromatic carbocycles. The standard InChI is InChI=1S/C15H11Cl2N3S/c16-8-4-9(17)6-10(5-8)20-14-13-11-2-1-3-12(11)21-15(13)19-7-18-14/h4-7H,1-3H2,(H,18,19,20). The summed E-state index contributed by atoms with van der Waals surface area (Å²) in [6.45, 7) is 0. The first-order valence-corrected chi connectivity index (χ1v) is 8.26. The Morgan fingerprint density at radius 1 is 1.05 bits per heavy atom. The molecule has 4 rings (SSSR count). The van der Waals surface area contributed by atoms with Crippen LogP contribution in [0.25, 0.3) is 10.2 Å². The van der Waals surface area contributed by atoms with Crippen molar-refractivity contribution in [3.63, 3.8) is 0 Å². The van der Waals surface area contributed by atoms with Crippen LogP contribution in [0.4, 0.5) is 11.5 Å². The minimum atomic E-state index is 0.603. The van der Waals surface area contributed by atoms with Crippen molar-refractivity contribution in [3.05, 3.63) is 45.0 Å². The molecular formula is C15H11Cl2N3S. The van der Waals surface area contributed by atoms with Gasteiger partial charge in [0.1, 0.15) is 17.0 Å². The molecule has 3 nitrogen and oxygen atoms in total. The maximum absolute atomic E-state index is 6.05. The molecule has 6 heteroatoms. The van der Waals surface area contributed by atoms with Crippen LogP contribution in [0.3, 0.4) is 0 Å². The zero-order chi connectivity index (χ0) is 14.4. The monoisotopic (exact) mass is 335 g/mol. The normalized spacial score (nSPS) is 13.6. The number of rotatable bonds is 2. The highest BCUT2D eigenvalue weighted by molar-refractivity contribution is 7.19. The number of thiophene rings is 1. The van der Waals surface area contributed by atoms with E-state index in [-0.39, 0.29) is 0 Å². The highest BCUT2D eigenvalue weighted by atomic mass is 35.5. The third-order valence-electron chi connectivity index (χ3n) is 3.63. The number of benzene rings is 1. The van der Waals surface area contributed by atoms with Crippen LogP contribution in [0.15, 0.2) is 24.5 Å². The van der Waals surface area contributed by atoms with Crippen LogP contribution in [-0.2, 0) is 12.8 Å². The number of halogens is 2. The molecule has 1 N–H and O–H groups in total. The molecule has 106 valence electrons. The number of anilines is 2. The van der Waals surface area contributed by atoms with Crippen LogP contribution in [0.1, 0.15) is 16.9 Å². The van der Waals surface area contributed by atoms with E-state index in [1.165, 1.54) is 16.9 Å². The van der Waals surface area contributed by atoms with E-state index in [4.69, 9.17) is 23.2 Å². The smallest absolute Gasteiger partial charge is 0.142 e. The lowest BCUT2D eigenvalue weighted by Crippen LogP contribution is -1.96. The first-order chi connectivity index (χ1) is 10.2. The van der Waals surface area contributed by atoms with Gasteiger partial charge in [0.2, 0.25) is 0 Å². The Kier molecular flexibility index (Phi) is 3.25. The average Bonchev–Trinajstić information content (AvgIpc) is 2.97. The number of nitrogens with zero attached hydrogens (tertiary/aromatic N) is 2. The van der Waals surface area contributed by atoms with Crippen molar-refractivity contribution in [2.45, 2.75) is 19.3 Å². The Morgan fingerprint density at radius 2 is 1.86 bits per heavy atom. The van der Waals surface area contributed by atoms with Crippen molar-refractivity contribution >= 4 is 56.3 Å². The van der Waals surface area contributed by atoms with Gasteiger partial charge in [0.15, 0.2) is 0 Å². The minimum absolute atomic E-state index is 0.603. The molecule has 0 aliphatic heterocycles. The van der Waals surface area contributed by atoms with E-state index >= 15 is 0 Å². The van der Waals surface area contributed by atoms with Gasteiger partial charge in [-0.2, -0.15) is 0 Å². The van der Waals surface area contributed by atoms with Crippen LogP contribution in [0, 0.1) is 0 Å². The number of aromatic nitrogens is 2. The number of hydrogen-bond acceptors (Lipinski definition) is 4. The second kappa shape index (κ2) is 5.13. The quantitative estimate of drug-likeness (QED) is 0.696. The van der Waals surface area contributed by atoms with Crippen LogP contribution in [-0.4, -0.2) is 9.97 Å². The van der Waals surface area contributed by atoms with Gasteiger partial charge in [0, 0.05) is 20.6 Å². The van der Waals surface area contributed by atoms with Gasteiger partial charge in [-0.15, -0.1) is 11.3 Å². The molecule has 0 unspecified atom stereocenters. The van der Waals surface area contributed by atoms with Gasteiger partial charge in [0.25, 0.3) is 0 Å². The fraction of sp³-hybridized carbons (Fsp3) is 0.200. The van der Waals surface area contributed by atoms with Crippen molar-refractivity contribution in [1.82, 2.24) is 9.97 Å². The third kappa shape index (κ3) is 2.37. The Balaban J connectivity index is 1.83. The van der Waals surface area contributed by atoms with Gasteiger partial charge in [-0.3, -0.25) is 0 Å². The van der Waals surface area contributed by atoms with Crippen LogP contribution >= 0.6 is 34.5 Å². The molecule has 0 saturated carbocycles. The van der Waals surface area contributed by atoms with Gasteiger partial charge in [-0.25, -0.2) is 9.97 Å². The summed E-state index contributed by atoms with van der Waals surface area (Å²) in [5.74, 6) is 0.831. The molecule has 0 saturated heterocycles. The summed E-state index contributed by atoms with van der Waals surface area (Å²) in [5.41, 5.74) is 2.23. The molecule has 1 aliphatic rings. The lowest BCUT2D eigenvalue weighted by molar-refractivity contribution is 0.917. The maximum Gasteiger partial charge on any atom is 0.142 e. The molecule has 21 heavy (non-hydrogen) atoms. The van der Waals surface area contributed by atoms with Gasteiger partial charge >= 0.3 is 0 Å². The molecule has 3 aromatic rings. The number of nitrogens with one attached hydrogen (secondary N) is 1. The summed E-state index contributed by atoms with van der Waals surface area (Å²) in [5, 5.41) is 5.68. The average molecular weight is 336 g/mol. The SMILES string of the molecule is Clc1cc(Cl)cc(Nc2ncnc3sc4c(c23)CCC4)c1. The van der Waals surface area contributed by atoms with Gasteiger partial charge < -0.3 is 5.32 Å². The van der Waals surface area contributed by atoms with Crippen molar-refractivity contribution in [2.75, 3.05) is 5.32 Å². The van der Waals surface area contributed by atoms with Crippen LogP contribution < -0.4 is 5.32 Å². The Morgan fingerprint density at radius 3 is 2.67 bits per heavy atom. The van der Waals surface area contributed by atoms with Gasteiger partial charge in [0.05, 0.1) is 5.39 Å². The van der Waals surface area contributed by atoms with Crippen molar-refractivity contribution in [1.29, 1.82) is 0 Å². The molecule has 0 spiro atoms. The van der Waals surface area contributed by atoms with Crippen LogP contribution in [0.2, 0.25) is 10.0 Å². The Hall–Kier alpha value is -1.36. The van der Waals surface area contributed by atoms with E-state index in [1.54, 1.807) is 23.7 Å². The molecule has 0 bridgehead atoms. The highest BCUT2D eigenvalue weighted by Crippen LogP contribution is 2.40. The van der Waals surface area contributed by atoms with Crippen molar-refractivity contribution < 1.29 is 0 Å². The number of aryl methyl sites for hydroxylation is 2. The first kappa shape index (κ1) is 13.3. The Bertz CT molecular complexity index is 824. The highest BCUT2D eigenvalue weighted by Gasteiger charge is 2.21. The lowest BCUT2D eigenvalue weighted by atomic mass is 10.2. The first-order valence-electron chi connectivity index (χ1n) is 6.69. The van der Waals surface area contributed by atoms with E-state index in [0.717, 1.165) is 34.6 Å². The zero-order valence-electron chi connectivity index (χ0n) is 11.0. The van der Waals surface area contributed by atoms with Crippen molar-refractivity contribution in [3.8, 4) is 0 Å². The molecule has 0 fully saturated rings. The minimum Gasteiger partial charge on any atom is -0.339 e. The maximum atomic E-state index is 6.05. The summed E-state index contributed by atoms with van der Waals surface area (Å²) in [7, 11) is 0. The number of hydrogen-bond donors (Lipinski definition) is 1. The summed E-state index contributed by atoms with van der Waals surface area (Å²) in [4.78, 5) is 11.3. The second-order valence-electron chi connectivity index (χ2n) is 5.04. The summed E-state index contributed by atoms with van der Waals surface area (Å²) < 4.78 is 0. The second-order valence-corrected chi connectivity index (χ2v) is 7.00. The molecule has 2 heterocycles. The molecule has 0 amide bonds. The largest absolute Gasteiger partial charge is 0.339 e. The summed E-state index contributed by atoms with van der Waals surface area (Å²) in [6, 6.07) is 5.40. The summed E-state index contributed by atoms with van der Waals surface area (Å²) in [6.07, 6.45) is 5.07. The van der Waals surface area contributed by atoms with E-state index in [2.05, 4.69) is 15.3 Å². The van der Waals surface area contributed by atoms with E-state index in [0.29, 0.717) is 10.0 Å². The fourth-order valence-electron chi connectivity index (χ4n) is 2.79. The van der Waals surface area contributed by atoms with Crippen LogP contribution in [0.5, 0.6) is 0 Å². The zero-order valence-corrected chi connectivity index (χ0v) is 13.3. The van der Waals surface area contributed by atoms with E-state index in [9.17, 15) is 0 Å².